The first-order chi connectivity index (χ1) is 17.2. The average molecular weight is 515 g/mol. The lowest BCUT2D eigenvalue weighted by atomic mass is 10.1. The zero-order valence-corrected chi connectivity index (χ0v) is 21.8. The zero-order valence-electron chi connectivity index (χ0n) is 21.0. The molecule has 0 bridgehead atoms. The first-order valence-electron chi connectivity index (χ1n) is 11.9. The van der Waals surface area contributed by atoms with Gasteiger partial charge in [0.2, 0.25) is 5.95 Å². The van der Waals surface area contributed by atoms with E-state index in [9.17, 15) is 9.59 Å². The van der Waals surface area contributed by atoms with Crippen LogP contribution in [0.3, 0.4) is 0 Å². The fourth-order valence-corrected chi connectivity index (χ4v) is 4.44. The summed E-state index contributed by atoms with van der Waals surface area (Å²) in [7, 11) is 1.51. The summed E-state index contributed by atoms with van der Waals surface area (Å²) >= 11 is 6.42. The lowest BCUT2D eigenvalue weighted by molar-refractivity contribution is -0.122. The number of carbonyl (C=O) groups is 1. The molecule has 1 saturated heterocycles. The molecule has 10 nitrogen and oxygen atoms in total. The fraction of sp³-hybridized carbons (Fsp3) is 0.440. The lowest BCUT2D eigenvalue weighted by Gasteiger charge is -2.35. The molecule has 2 N–H and O–H groups in total. The van der Waals surface area contributed by atoms with E-state index in [0.717, 1.165) is 16.6 Å². The summed E-state index contributed by atoms with van der Waals surface area (Å²) in [6.07, 6.45) is 1.73. The van der Waals surface area contributed by atoms with Gasteiger partial charge in [0.1, 0.15) is 5.02 Å². The largest absolute Gasteiger partial charge is 0.478 e. The van der Waals surface area contributed by atoms with Gasteiger partial charge in [-0.2, -0.15) is 4.98 Å². The first kappa shape index (κ1) is 25.7. The van der Waals surface area contributed by atoms with Crippen LogP contribution in [0, 0.1) is 0 Å². The van der Waals surface area contributed by atoms with Crippen LogP contribution in [-0.4, -0.2) is 59.4 Å². The normalized spacial score (nSPS) is 17.9. The Bertz CT molecular complexity index is 1320. The van der Waals surface area contributed by atoms with E-state index in [1.165, 1.54) is 7.05 Å². The number of hydrogen-bond donors (Lipinski definition) is 2. The summed E-state index contributed by atoms with van der Waals surface area (Å²) < 4.78 is 13.0. The van der Waals surface area contributed by atoms with Crippen LogP contribution in [0.15, 0.2) is 35.3 Å². The molecule has 1 aliphatic heterocycles. The van der Waals surface area contributed by atoms with Crippen molar-refractivity contribution in [3.8, 4) is 5.75 Å². The lowest BCUT2D eigenvalue weighted by Crippen LogP contribution is -2.46. The summed E-state index contributed by atoms with van der Waals surface area (Å²) in [5, 5.41) is 6.91. The zero-order chi connectivity index (χ0) is 26.0. The number of hydrogen-bond acceptors (Lipinski definition) is 8. The van der Waals surface area contributed by atoms with Gasteiger partial charge < -0.3 is 29.6 Å². The number of ether oxygens (including phenoxy) is 2. The standard InChI is InChI=1S/C25H31ClN6O4/c1-14(2)32-20-7-6-18(8-17(20)9-21(24(32)34)35-13-22(33)27-5)29-23-19(26)10-28-25(30-23)31-11-15(3)36-16(4)12-31/h6-10,14-16H,11-13H2,1-5H3,(H,27,33)(H,28,29,30)/t15-,16-/m1/s1. The van der Waals surface area contributed by atoms with Crippen molar-refractivity contribution < 1.29 is 14.3 Å². The molecule has 0 saturated carbocycles. The highest BCUT2D eigenvalue weighted by Crippen LogP contribution is 2.29. The van der Waals surface area contributed by atoms with Crippen LogP contribution in [0.4, 0.5) is 17.5 Å². The smallest absolute Gasteiger partial charge is 0.293 e. The molecule has 0 unspecified atom stereocenters. The minimum absolute atomic E-state index is 0.0725. The number of rotatable bonds is 7. The Balaban J connectivity index is 1.67. The van der Waals surface area contributed by atoms with Crippen LogP contribution in [-0.2, 0) is 9.53 Å². The van der Waals surface area contributed by atoms with E-state index in [1.807, 2.05) is 45.9 Å². The molecule has 0 spiro atoms. The molecule has 0 aliphatic carbocycles. The maximum absolute atomic E-state index is 13.0. The Hall–Kier alpha value is -3.37. The second kappa shape index (κ2) is 10.7. The molecule has 2 aromatic heterocycles. The fourth-order valence-electron chi connectivity index (χ4n) is 4.31. The summed E-state index contributed by atoms with van der Waals surface area (Å²) in [5.74, 6) is 0.832. The molecule has 2 atom stereocenters. The van der Waals surface area contributed by atoms with E-state index in [1.54, 1.807) is 16.8 Å². The van der Waals surface area contributed by atoms with Gasteiger partial charge in [0.25, 0.3) is 11.5 Å². The molecule has 1 amide bonds. The van der Waals surface area contributed by atoms with E-state index in [-0.39, 0.29) is 42.1 Å². The minimum Gasteiger partial charge on any atom is -0.478 e. The van der Waals surface area contributed by atoms with Crippen molar-refractivity contribution in [3.63, 3.8) is 0 Å². The molecule has 1 aromatic carbocycles. The van der Waals surface area contributed by atoms with Crippen LogP contribution < -0.4 is 25.8 Å². The van der Waals surface area contributed by atoms with Crippen LogP contribution in [0.25, 0.3) is 10.9 Å². The van der Waals surface area contributed by atoms with Gasteiger partial charge in [0.05, 0.1) is 23.9 Å². The van der Waals surface area contributed by atoms with Gasteiger partial charge in [-0.25, -0.2) is 4.98 Å². The van der Waals surface area contributed by atoms with Crippen molar-refractivity contribution in [2.24, 2.45) is 0 Å². The van der Waals surface area contributed by atoms with E-state index < -0.39 is 0 Å². The molecule has 192 valence electrons. The van der Waals surface area contributed by atoms with Gasteiger partial charge in [-0.15, -0.1) is 0 Å². The van der Waals surface area contributed by atoms with Crippen molar-refractivity contribution in [1.82, 2.24) is 19.9 Å². The van der Waals surface area contributed by atoms with Crippen LogP contribution >= 0.6 is 11.6 Å². The van der Waals surface area contributed by atoms with Crippen LogP contribution in [0.2, 0.25) is 5.02 Å². The highest BCUT2D eigenvalue weighted by Gasteiger charge is 2.24. The van der Waals surface area contributed by atoms with Crippen molar-refractivity contribution in [3.05, 3.63) is 45.8 Å². The SMILES string of the molecule is CNC(=O)COc1cc2cc(Nc3nc(N4C[C@@H](C)O[C@H](C)C4)ncc3Cl)ccc2n(C(C)C)c1=O. The minimum atomic E-state index is -0.320. The van der Waals surface area contributed by atoms with Crippen LogP contribution in [0.1, 0.15) is 33.7 Å². The number of pyridine rings is 1. The van der Waals surface area contributed by atoms with Crippen molar-refractivity contribution in [1.29, 1.82) is 0 Å². The Labute approximate surface area is 214 Å². The molecule has 1 aliphatic rings. The van der Waals surface area contributed by atoms with Gasteiger partial charge in [0, 0.05) is 37.3 Å². The van der Waals surface area contributed by atoms with Gasteiger partial charge in [-0.05, 0) is 52.0 Å². The predicted molar refractivity (Wildman–Crippen MR) is 141 cm³/mol. The van der Waals surface area contributed by atoms with Crippen molar-refractivity contribution >= 4 is 45.9 Å². The number of likely N-dealkylation sites (N-methyl/N-ethyl adjacent to an activating group) is 1. The van der Waals surface area contributed by atoms with Crippen molar-refractivity contribution in [2.75, 3.05) is 37.0 Å². The summed E-state index contributed by atoms with van der Waals surface area (Å²) in [5.41, 5.74) is 1.18. The number of anilines is 3. The molecule has 3 aromatic rings. The Morgan fingerprint density at radius 3 is 2.64 bits per heavy atom. The summed E-state index contributed by atoms with van der Waals surface area (Å²) in [4.78, 5) is 35.8. The van der Waals surface area contributed by atoms with Gasteiger partial charge in [0.15, 0.2) is 18.2 Å². The maximum atomic E-state index is 13.0. The Kier molecular flexibility index (Phi) is 7.65. The maximum Gasteiger partial charge on any atom is 0.293 e. The topological polar surface area (TPSA) is 111 Å². The third-order valence-electron chi connectivity index (χ3n) is 5.85. The monoisotopic (exact) mass is 514 g/mol. The molecule has 1 fully saturated rings. The molecule has 0 radical (unpaired) electrons. The number of nitrogens with one attached hydrogen (secondary N) is 2. The number of nitrogens with zero attached hydrogens (tertiary/aromatic N) is 4. The molecule has 4 rings (SSSR count). The number of aromatic nitrogens is 3. The van der Waals surface area contributed by atoms with E-state index in [0.29, 0.717) is 29.9 Å². The average Bonchev–Trinajstić information content (AvgIpc) is 2.83. The summed E-state index contributed by atoms with van der Waals surface area (Å²) in [6, 6.07) is 7.15. The second-order valence-electron chi connectivity index (χ2n) is 9.17. The van der Waals surface area contributed by atoms with E-state index in [2.05, 4.69) is 25.5 Å². The molecular weight excluding hydrogens is 484 g/mol. The third kappa shape index (κ3) is 5.55. The van der Waals surface area contributed by atoms with Gasteiger partial charge >= 0.3 is 0 Å². The summed E-state index contributed by atoms with van der Waals surface area (Å²) in [6.45, 7) is 9.02. The number of amides is 1. The number of morpholine rings is 1. The highest BCUT2D eigenvalue weighted by atomic mass is 35.5. The Morgan fingerprint density at radius 1 is 1.25 bits per heavy atom. The van der Waals surface area contributed by atoms with E-state index in [4.69, 9.17) is 21.1 Å². The number of benzene rings is 1. The predicted octanol–water partition coefficient (Wildman–Crippen LogP) is 3.51. The number of fused-ring (bicyclic) bond motifs is 1. The Morgan fingerprint density at radius 2 is 1.97 bits per heavy atom. The molecule has 3 heterocycles. The second-order valence-corrected chi connectivity index (χ2v) is 9.57. The third-order valence-corrected chi connectivity index (χ3v) is 6.13. The molecule has 36 heavy (non-hydrogen) atoms. The van der Waals surface area contributed by atoms with Crippen LogP contribution in [0.5, 0.6) is 5.75 Å². The van der Waals surface area contributed by atoms with E-state index >= 15 is 0 Å². The van der Waals surface area contributed by atoms with Gasteiger partial charge in [-0.3, -0.25) is 9.59 Å². The number of carbonyl (C=O) groups excluding carboxylic acids is 1. The molecule has 11 heteroatoms. The van der Waals surface area contributed by atoms with Crippen molar-refractivity contribution in [2.45, 2.75) is 45.9 Å². The highest BCUT2D eigenvalue weighted by molar-refractivity contribution is 6.32. The molecular formula is C25H31ClN6O4. The van der Waals surface area contributed by atoms with Gasteiger partial charge in [-0.1, -0.05) is 11.6 Å². The number of halogens is 1. The quantitative estimate of drug-likeness (QED) is 0.493. The first-order valence-corrected chi connectivity index (χ1v) is 12.3.